The van der Waals surface area contributed by atoms with Gasteiger partial charge in [-0.05, 0) is 6.54 Å². The van der Waals surface area contributed by atoms with Crippen molar-refractivity contribution in [2.45, 2.75) is 6.92 Å². The Balaban J connectivity index is 2.95. The van der Waals surface area contributed by atoms with Gasteiger partial charge in [-0.25, -0.2) is 0 Å². The van der Waals surface area contributed by atoms with E-state index in [2.05, 4.69) is 12.2 Å². The Morgan fingerprint density at radius 1 is 1.50 bits per heavy atom. The van der Waals surface area contributed by atoms with Crippen LogP contribution < -0.4 is 5.32 Å². The molecule has 0 saturated carbocycles. The van der Waals surface area contributed by atoms with E-state index in [1.807, 2.05) is 0 Å². The van der Waals surface area contributed by atoms with Gasteiger partial charge < -0.3 is 15.0 Å². The molecule has 0 aromatic heterocycles. The topological polar surface area (TPSA) is 41.6 Å². The fourth-order valence-electron chi connectivity index (χ4n) is 0.684. The van der Waals surface area contributed by atoms with Crippen LogP contribution in [0.2, 0.25) is 0 Å². The average molecular weight is 174 g/mol. The van der Waals surface area contributed by atoms with Crippen molar-refractivity contribution in [3.8, 4) is 0 Å². The maximum absolute atomic E-state index is 10.1. The number of hydrogen-bond donors (Lipinski definition) is 1. The largest absolute Gasteiger partial charge is 0.378 e. The van der Waals surface area contributed by atoms with Crippen LogP contribution in [0.4, 0.5) is 0 Å². The highest BCUT2D eigenvalue weighted by Gasteiger charge is 1.92. The molecule has 0 unspecified atom stereocenters. The average Bonchev–Trinajstić information content (AvgIpc) is 2.10. The van der Waals surface area contributed by atoms with Crippen LogP contribution in [0.15, 0.2) is 0 Å². The van der Waals surface area contributed by atoms with Gasteiger partial charge in [0.05, 0.1) is 13.2 Å². The van der Waals surface area contributed by atoms with Crippen LogP contribution in [0.25, 0.3) is 0 Å². The summed E-state index contributed by atoms with van der Waals surface area (Å²) in [6.07, 6.45) is 0.799. The van der Waals surface area contributed by atoms with E-state index < -0.39 is 0 Å². The Morgan fingerprint density at radius 2 is 2.25 bits per heavy atom. The van der Waals surface area contributed by atoms with Crippen molar-refractivity contribution in [3.63, 3.8) is 0 Å². The molecule has 0 aromatic carbocycles. The third-order valence-corrected chi connectivity index (χ3v) is 1.44. The zero-order valence-corrected chi connectivity index (χ0v) is 7.88. The molecular formula is C8H18N2O2. The fraction of sp³-hybridized carbons (Fsp3) is 0.875. The van der Waals surface area contributed by atoms with Crippen molar-refractivity contribution in [3.05, 3.63) is 0 Å². The molecule has 0 aromatic rings. The van der Waals surface area contributed by atoms with Crippen LogP contribution in [-0.4, -0.2) is 51.2 Å². The van der Waals surface area contributed by atoms with Crippen LogP contribution in [0.3, 0.4) is 0 Å². The number of carbonyl (C=O) groups is 1. The van der Waals surface area contributed by atoms with E-state index in [1.165, 1.54) is 0 Å². The number of ether oxygens (including phenoxy) is 1. The van der Waals surface area contributed by atoms with Gasteiger partial charge in [0.1, 0.15) is 0 Å². The number of likely N-dealkylation sites (N-methyl/N-ethyl adjacent to an activating group) is 2. The monoisotopic (exact) mass is 174 g/mol. The SMILES string of the molecule is CCNCCOCCN(C)C=O. The predicted molar refractivity (Wildman–Crippen MR) is 48.1 cm³/mol. The summed E-state index contributed by atoms with van der Waals surface area (Å²) < 4.78 is 5.25. The summed E-state index contributed by atoms with van der Waals surface area (Å²) in [7, 11) is 1.74. The third-order valence-electron chi connectivity index (χ3n) is 1.44. The molecule has 0 radical (unpaired) electrons. The van der Waals surface area contributed by atoms with E-state index >= 15 is 0 Å². The summed E-state index contributed by atoms with van der Waals surface area (Å²) in [6, 6.07) is 0. The van der Waals surface area contributed by atoms with Gasteiger partial charge in [0.2, 0.25) is 6.41 Å². The zero-order valence-electron chi connectivity index (χ0n) is 7.88. The minimum absolute atomic E-state index is 0.612. The molecule has 0 fully saturated rings. The van der Waals surface area contributed by atoms with Gasteiger partial charge in [-0.2, -0.15) is 0 Å². The smallest absolute Gasteiger partial charge is 0.209 e. The lowest BCUT2D eigenvalue weighted by atomic mass is 10.6. The summed E-state index contributed by atoms with van der Waals surface area (Å²) in [5.41, 5.74) is 0. The van der Waals surface area contributed by atoms with Gasteiger partial charge in [-0.1, -0.05) is 6.92 Å². The molecule has 72 valence electrons. The standard InChI is InChI=1S/C8H18N2O2/c1-3-9-4-6-12-7-5-10(2)8-11/h8-9H,3-7H2,1-2H3. The number of rotatable bonds is 8. The molecule has 0 heterocycles. The highest BCUT2D eigenvalue weighted by molar-refractivity contribution is 5.46. The molecular weight excluding hydrogens is 156 g/mol. The first-order chi connectivity index (χ1) is 5.81. The second-order valence-electron chi connectivity index (χ2n) is 2.55. The first-order valence-corrected chi connectivity index (χ1v) is 4.25. The highest BCUT2D eigenvalue weighted by atomic mass is 16.5. The minimum Gasteiger partial charge on any atom is -0.378 e. The molecule has 0 rings (SSSR count). The van der Waals surface area contributed by atoms with E-state index in [4.69, 9.17) is 4.74 Å². The van der Waals surface area contributed by atoms with Gasteiger partial charge in [0.25, 0.3) is 0 Å². The lowest BCUT2D eigenvalue weighted by Gasteiger charge is -2.10. The van der Waals surface area contributed by atoms with Crippen molar-refractivity contribution >= 4 is 6.41 Å². The summed E-state index contributed by atoms with van der Waals surface area (Å²) >= 11 is 0. The first-order valence-electron chi connectivity index (χ1n) is 4.25. The zero-order chi connectivity index (χ0) is 9.23. The molecule has 0 bridgehead atoms. The number of amides is 1. The van der Waals surface area contributed by atoms with Gasteiger partial charge in [0.15, 0.2) is 0 Å². The van der Waals surface area contributed by atoms with Gasteiger partial charge >= 0.3 is 0 Å². The summed E-state index contributed by atoms with van der Waals surface area (Å²) in [4.78, 5) is 11.7. The van der Waals surface area contributed by atoms with Crippen LogP contribution in [0, 0.1) is 0 Å². The molecule has 0 aliphatic rings. The van der Waals surface area contributed by atoms with Crippen LogP contribution in [0.1, 0.15) is 6.92 Å². The molecule has 0 spiro atoms. The maximum Gasteiger partial charge on any atom is 0.209 e. The Hall–Kier alpha value is -0.610. The van der Waals surface area contributed by atoms with E-state index in [0.717, 1.165) is 19.5 Å². The Kier molecular flexibility index (Phi) is 8.05. The quantitative estimate of drug-likeness (QED) is 0.406. The van der Waals surface area contributed by atoms with E-state index in [9.17, 15) is 4.79 Å². The van der Waals surface area contributed by atoms with Crippen molar-refractivity contribution in [2.75, 3.05) is 39.9 Å². The highest BCUT2D eigenvalue weighted by Crippen LogP contribution is 1.77. The van der Waals surface area contributed by atoms with E-state index in [1.54, 1.807) is 11.9 Å². The van der Waals surface area contributed by atoms with Crippen molar-refractivity contribution in [1.82, 2.24) is 10.2 Å². The van der Waals surface area contributed by atoms with Gasteiger partial charge in [0, 0.05) is 20.1 Å². The molecule has 4 nitrogen and oxygen atoms in total. The number of hydrogen-bond acceptors (Lipinski definition) is 3. The summed E-state index contributed by atoms with van der Waals surface area (Å²) in [6.45, 7) is 5.88. The summed E-state index contributed by atoms with van der Waals surface area (Å²) in [5, 5.41) is 3.14. The normalized spacial score (nSPS) is 9.83. The van der Waals surface area contributed by atoms with Crippen LogP contribution in [-0.2, 0) is 9.53 Å². The molecule has 4 heteroatoms. The molecule has 1 N–H and O–H groups in total. The van der Waals surface area contributed by atoms with Crippen LogP contribution in [0.5, 0.6) is 0 Å². The Bertz CT molecular complexity index is 109. The fourth-order valence-corrected chi connectivity index (χ4v) is 0.684. The van der Waals surface area contributed by atoms with E-state index in [0.29, 0.717) is 19.8 Å². The second-order valence-corrected chi connectivity index (χ2v) is 2.55. The molecule has 12 heavy (non-hydrogen) atoms. The van der Waals surface area contributed by atoms with Gasteiger partial charge in [-0.3, -0.25) is 4.79 Å². The maximum atomic E-state index is 10.1. The minimum atomic E-state index is 0.612. The Labute approximate surface area is 73.9 Å². The second kappa shape index (κ2) is 8.49. The Morgan fingerprint density at radius 3 is 2.83 bits per heavy atom. The van der Waals surface area contributed by atoms with Crippen LogP contribution >= 0.6 is 0 Å². The lowest BCUT2D eigenvalue weighted by Crippen LogP contribution is -2.24. The number of carbonyl (C=O) groups excluding carboxylic acids is 1. The molecule has 1 amide bonds. The van der Waals surface area contributed by atoms with Crippen molar-refractivity contribution < 1.29 is 9.53 Å². The number of nitrogens with zero attached hydrogens (tertiary/aromatic N) is 1. The molecule has 0 saturated heterocycles. The first kappa shape index (κ1) is 11.4. The third kappa shape index (κ3) is 7.50. The predicted octanol–water partition coefficient (Wildman–Crippen LogP) is -0.299. The van der Waals surface area contributed by atoms with E-state index in [-0.39, 0.29) is 0 Å². The molecule has 0 aliphatic carbocycles. The van der Waals surface area contributed by atoms with Crippen molar-refractivity contribution in [2.24, 2.45) is 0 Å². The van der Waals surface area contributed by atoms with Gasteiger partial charge in [-0.15, -0.1) is 0 Å². The lowest BCUT2D eigenvalue weighted by molar-refractivity contribution is -0.117. The number of nitrogens with one attached hydrogen (secondary N) is 1. The molecule has 0 aliphatic heterocycles. The summed E-state index contributed by atoms with van der Waals surface area (Å²) in [5.74, 6) is 0. The molecule has 0 atom stereocenters. The van der Waals surface area contributed by atoms with Crippen molar-refractivity contribution in [1.29, 1.82) is 0 Å².